The predicted octanol–water partition coefficient (Wildman–Crippen LogP) is 3.68. The van der Waals surface area contributed by atoms with E-state index in [-0.39, 0.29) is 10.4 Å². The number of alkyl halides is 2. The Kier molecular flexibility index (Phi) is 2.87. The quantitative estimate of drug-likeness (QED) is 0.310. The van der Waals surface area contributed by atoms with Crippen LogP contribution in [0.5, 0.6) is 0 Å². The van der Waals surface area contributed by atoms with Crippen molar-refractivity contribution in [3.05, 3.63) is 21.7 Å². The minimum atomic E-state index is -1.46. The van der Waals surface area contributed by atoms with Crippen LogP contribution >= 0.6 is 45.8 Å². The summed E-state index contributed by atoms with van der Waals surface area (Å²) in [7, 11) is 0. The molecule has 0 amide bonds. The highest BCUT2D eigenvalue weighted by Crippen LogP contribution is 2.44. The first-order chi connectivity index (χ1) is 6.50. The lowest BCUT2D eigenvalue weighted by molar-refractivity contribution is 0.271. The lowest BCUT2D eigenvalue weighted by atomic mass is 9.96. The maximum Gasteiger partial charge on any atom is 0.224 e. The Bertz CT molecular complexity index is 384. The molecule has 0 saturated carbocycles. The van der Waals surface area contributed by atoms with Gasteiger partial charge in [0.1, 0.15) is 5.15 Å². The fourth-order valence-electron chi connectivity index (χ4n) is 1.56. The van der Waals surface area contributed by atoms with Gasteiger partial charge in [0.2, 0.25) is 8.96 Å². The van der Waals surface area contributed by atoms with E-state index < -0.39 is 3.68 Å². The molecule has 0 spiro atoms. The minimum Gasteiger partial charge on any atom is -0.225 e. The SMILES string of the molecule is FC1(I)CCCc2c(Cl)nc(Cl)nc21. The second-order valence-electron chi connectivity index (χ2n) is 3.17. The van der Waals surface area contributed by atoms with Crippen molar-refractivity contribution in [3.63, 3.8) is 0 Å². The highest BCUT2D eigenvalue weighted by Gasteiger charge is 2.37. The van der Waals surface area contributed by atoms with Gasteiger partial charge in [0.15, 0.2) is 0 Å². The van der Waals surface area contributed by atoms with Crippen molar-refractivity contribution in [2.75, 3.05) is 0 Å². The van der Waals surface area contributed by atoms with Gasteiger partial charge in [-0.15, -0.1) is 0 Å². The van der Waals surface area contributed by atoms with E-state index in [9.17, 15) is 4.39 Å². The van der Waals surface area contributed by atoms with Gasteiger partial charge in [-0.05, 0) is 53.5 Å². The van der Waals surface area contributed by atoms with Crippen molar-refractivity contribution in [1.82, 2.24) is 9.97 Å². The number of rotatable bonds is 0. The highest BCUT2D eigenvalue weighted by molar-refractivity contribution is 14.1. The molecule has 1 heterocycles. The summed E-state index contributed by atoms with van der Waals surface area (Å²) in [6.45, 7) is 0. The largest absolute Gasteiger partial charge is 0.225 e. The first-order valence-corrected chi connectivity index (χ1v) is 5.94. The standard InChI is InChI=1S/C8H6Cl2FIN2/c9-6-4-2-1-3-8(11,12)5(4)13-7(10)14-6/h1-3H2. The fourth-order valence-corrected chi connectivity index (χ4v) is 2.86. The Morgan fingerprint density at radius 1 is 1.36 bits per heavy atom. The molecule has 14 heavy (non-hydrogen) atoms. The molecule has 6 heteroatoms. The lowest BCUT2D eigenvalue weighted by Gasteiger charge is -2.25. The summed E-state index contributed by atoms with van der Waals surface area (Å²) in [5.41, 5.74) is 1.04. The first-order valence-electron chi connectivity index (χ1n) is 4.11. The molecular formula is C8H6Cl2FIN2. The highest BCUT2D eigenvalue weighted by atomic mass is 127. The number of halogens is 4. The zero-order valence-electron chi connectivity index (χ0n) is 7.03. The molecule has 1 aliphatic carbocycles. The molecule has 1 aliphatic rings. The number of nitrogens with zero attached hydrogens (tertiary/aromatic N) is 2. The topological polar surface area (TPSA) is 25.8 Å². The summed E-state index contributed by atoms with van der Waals surface area (Å²) < 4.78 is 12.5. The molecule has 0 radical (unpaired) electrons. The Hall–Kier alpha value is 0.320. The van der Waals surface area contributed by atoms with E-state index in [2.05, 4.69) is 9.97 Å². The van der Waals surface area contributed by atoms with Gasteiger partial charge < -0.3 is 0 Å². The molecule has 0 bridgehead atoms. The Balaban J connectivity index is 2.63. The number of hydrogen-bond donors (Lipinski definition) is 0. The minimum absolute atomic E-state index is 0.00865. The molecule has 1 atom stereocenters. The third kappa shape index (κ3) is 1.84. The second kappa shape index (κ2) is 3.72. The summed E-state index contributed by atoms with van der Waals surface area (Å²) in [4.78, 5) is 7.72. The van der Waals surface area contributed by atoms with Gasteiger partial charge in [0.25, 0.3) is 0 Å². The summed E-state index contributed by atoms with van der Waals surface area (Å²) in [6, 6.07) is 0. The van der Waals surface area contributed by atoms with Crippen LogP contribution in [-0.4, -0.2) is 9.97 Å². The van der Waals surface area contributed by atoms with Crippen molar-refractivity contribution >= 4 is 45.8 Å². The second-order valence-corrected chi connectivity index (χ2v) is 5.57. The van der Waals surface area contributed by atoms with E-state index in [0.717, 1.165) is 12.8 Å². The van der Waals surface area contributed by atoms with Gasteiger partial charge in [0, 0.05) is 5.56 Å². The van der Waals surface area contributed by atoms with Crippen LogP contribution in [0, 0.1) is 0 Å². The van der Waals surface area contributed by atoms with Crippen LogP contribution in [0.4, 0.5) is 4.39 Å². The average molecular weight is 347 g/mol. The number of hydrogen-bond acceptors (Lipinski definition) is 2. The molecule has 0 aliphatic heterocycles. The monoisotopic (exact) mass is 346 g/mol. The van der Waals surface area contributed by atoms with Gasteiger partial charge in [0.05, 0.1) is 5.69 Å². The van der Waals surface area contributed by atoms with Gasteiger partial charge in [-0.3, -0.25) is 0 Å². The van der Waals surface area contributed by atoms with Crippen LogP contribution in [0.3, 0.4) is 0 Å². The van der Waals surface area contributed by atoms with E-state index in [1.54, 1.807) is 22.6 Å². The van der Waals surface area contributed by atoms with Crippen LogP contribution in [0.1, 0.15) is 24.1 Å². The third-order valence-corrected chi connectivity index (χ3v) is 3.73. The van der Waals surface area contributed by atoms with Crippen molar-refractivity contribution in [3.8, 4) is 0 Å². The normalized spacial score (nSPS) is 26.0. The first kappa shape index (κ1) is 10.8. The zero-order chi connectivity index (χ0) is 10.3. The smallest absolute Gasteiger partial charge is 0.224 e. The number of fused-ring (bicyclic) bond motifs is 1. The van der Waals surface area contributed by atoms with E-state index in [1.165, 1.54) is 0 Å². The molecule has 1 unspecified atom stereocenters. The van der Waals surface area contributed by atoms with Gasteiger partial charge in [-0.2, -0.15) is 0 Å². The van der Waals surface area contributed by atoms with Crippen LogP contribution in [0.25, 0.3) is 0 Å². The van der Waals surface area contributed by atoms with Crippen molar-refractivity contribution in [1.29, 1.82) is 0 Å². The Labute approximate surface area is 104 Å². The van der Waals surface area contributed by atoms with Crippen molar-refractivity contribution < 1.29 is 4.39 Å². The molecule has 1 aromatic rings. The maximum absolute atomic E-state index is 14.0. The van der Waals surface area contributed by atoms with E-state index in [0.29, 0.717) is 17.7 Å². The molecule has 0 saturated heterocycles. The molecule has 0 N–H and O–H groups in total. The fraction of sp³-hybridized carbons (Fsp3) is 0.500. The third-order valence-electron chi connectivity index (χ3n) is 2.19. The number of aromatic nitrogens is 2. The summed E-state index contributed by atoms with van der Waals surface area (Å²) in [5.74, 6) is 0. The van der Waals surface area contributed by atoms with Crippen LogP contribution < -0.4 is 0 Å². The summed E-state index contributed by atoms with van der Waals surface area (Å²) in [5, 5.41) is 0.285. The van der Waals surface area contributed by atoms with Gasteiger partial charge in [-0.1, -0.05) is 11.6 Å². The Morgan fingerprint density at radius 3 is 2.79 bits per heavy atom. The van der Waals surface area contributed by atoms with E-state index in [1.807, 2.05) is 0 Å². The molecule has 0 fully saturated rings. The van der Waals surface area contributed by atoms with Gasteiger partial charge in [-0.25, -0.2) is 14.4 Å². The Morgan fingerprint density at radius 2 is 2.07 bits per heavy atom. The van der Waals surface area contributed by atoms with E-state index in [4.69, 9.17) is 23.2 Å². The predicted molar refractivity (Wildman–Crippen MR) is 61.8 cm³/mol. The van der Waals surface area contributed by atoms with Crippen LogP contribution in [-0.2, 0) is 10.1 Å². The van der Waals surface area contributed by atoms with Crippen molar-refractivity contribution in [2.24, 2.45) is 0 Å². The van der Waals surface area contributed by atoms with Crippen molar-refractivity contribution in [2.45, 2.75) is 22.9 Å². The molecule has 0 aromatic carbocycles. The molecule has 76 valence electrons. The lowest BCUT2D eigenvalue weighted by Crippen LogP contribution is -2.22. The summed E-state index contributed by atoms with van der Waals surface area (Å²) >= 11 is 13.2. The maximum atomic E-state index is 14.0. The van der Waals surface area contributed by atoms with Crippen LogP contribution in [0.15, 0.2) is 0 Å². The molecule has 1 aromatic heterocycles. The zero-order valence-corrected chi connectivity index (χ0v) is 10.7. The van der Waals surface area contributed by atoms with Gasteiger partial charge >= 0.3 is 0 Å². The van der Waals surface area contributed by atoms with Crippen LogP contribution in [0.2, 0.25) is 10.4 Å². The molecule has 2 rings (SSSR count). The average Bonchev–Trinajstić information content (AvgIpc) is 2.06. The van der Waals surface area contributed by atoms with E-state index >= 15 is 0 Å². The molecular weight excluding hydrogens is 341 g/mol. The molecule has 2 nitrogen and oxygen atoms in total. The summed E-state index contributed by atoms with van der Waals surface area (Å²) in [6.07, 6.45) is 1.93.